The zero-order chi connectivity index (χ0) is 15.0. The van der Waals surface area contributed by atoms with Crippen LogP contribution in [0.2, 0.25) is 0 Å². The van der Waals surface area contributed by atoms with Gasteiger partial charge in [0.15, 0.2) is 0 Å². The first kappa shape index (κ1) is 15.8. The zero-order valence-electron chi connectivity index (χ0n) is 12.3. The van der Waals surface area contributed by atoms with Gasteiger partial charge in [-0.05, 0) is 63.7 Å². The minimum atomic E-state index is -3.36. The molecule has 0 heterocycles. The molecule has 20 heavy (non-hydrogen) atoms. The summed E-state index contributed by atoms with van der Waals surface area (Å²) in [6.07, 6.45) is 5.70. The van der Waals surface area contributed by atoms with E-state index in [9.17, 15) is 13.2 Å². The Hall–Kier alpha value is -0.620. The van der Waals surface area contributed by atoms with E-state index in [4.69, 9.17) is 5.11 Å². The monoisotopic (exact) mass is 303 g/mol. The molecule has 0 aliphatic heterocycles. The maximum atomic E-state index is 12.4. The first-order valence-corrected chi connectivity index (χ1v) is 9.00. The number of fused-ring (bicyclic) bond motifs is 2. The van der Waals surface area contributed by atoms with Crippen LogP contribution >= 0.6 is 0 Å². The molecule has 0 saturated heterocycles. The maximum Gasteiger partial charge on any atom is 0.303 e. The van der Waals surface area contributed by atoms with Crippen LogP contribution in [0.5, 0.6) is 0 Å². The lowest BCUT2D eigenvalue weighted by atomic mass is 9.87. The number of nitrogens with one attached hydrogen (secondary N) is 1. The third-order valence-electron chi connectivity index (χ3n) is 4.78. The number of carboxylic acid groups (broad SMARTS) is 1. The first-order valence-electron chi connectivity index (χ1n) is 7.35. The van der Waals surface area contributed by atoms with Crippen molar-refractivity contribution in [2.45, 2.75) is 64.3 Å². The van der Waals surface area contributed by atoms with Crippen LogP contribution in [-0.4, -0.2) is 30.8 Å². The summed E-state index contributed by atoms with van der Waals surface area (Å²) in [5.74, 6) is 0.0306. The van der Waals surface area contributed by atoms with Crippen molar-refractivity contribution in [2.24, 2.45) is 11.3 Å². The van der Waals surface area contributed by atoms with Gasteiger partial charge in [-0.3, -0.25) is 4.79 Å². The number of carbonyl (C=O) groups is 1. The quantitative estimate of drug-likeness (QED) is 0.754. The number of carboxylic acids is 1. The molecule has 0 radical (unpaired) electrons. The molecule has 0 unspecified atom stereocenters. The van der Waals surface area contributed by atoms with Crippen LogP contribution in [0.15, 0.2) is 0 Å². The summed E-state index contributed by atoms with van der Waals surface area (Å²) in [5, 5.41) is 8.71. The van der Waals surface area contributed by atoms with Crippen molar-refractivity contribution in [3.63, 3.8) is 0 Å². The fourth-order valence-corrected chi connectivity index (χ4v) is 6.07. The predicted octanol–water partition coefficient (Wildman–Crippen LogP) is 2.13. The van der Waals surface area contributed by atoms with E-state index in [1.807, 2.05) is 0 Å². The minimum Gasteiger partial charge on any atom is -0.481 e. The lowest BCUT2D eigenvalue weighted by Gasteiger charge is -2.30. The number of sulfonamides is 1. The van der Waals surface area contributed by atoms with E-state index in [2.05, 4.69) is 4.72 Å². The number of aliphatic carboxylic acids is 1. The molecule has 116 valence electrons. The van der Waals surface area contributed by atoms with Gasteiger partial charge in [0.1, 0.15) is 0 Å². The minimum absolute atomic E-state index is 0.0145. The Bertz CT molecular complexity index is 475. The van der Waals surface area contributed by atoms with Crippen LogP contribution in [0, 0.1) is 11.3 Å². The molecule has 0 amide bonds. The van der Waals surface area contributed by atoms with E-state index < -0.39 is 21.5 Å². The molecule has 0 aromatic rings. The second-order valence-corrected chi connectivity index (χ2v) is 9.01. The summed E-state index contributed by atoms with van der Waals surface area (Å²) in [4.78, 5) is 10.6. The topological polar surface area (TPSA) is 83.5 Å². The van der Waals surface area contributed by atoms with Crippen molar-refractivity contribution >= 4 is 16.0 Å². The molecule has 2 fully saturated rings. The summed E-state index contributed by atoms with van der Waals surface area (Å²) in [7, 11) is -3.36. The normalized spacial score (nSPS) is 29.8. The van der Waals surface area contributed by atoms with Crippen molar-refractivity contribution in [1.29, 1.82) is 0 Å². The van der Waals surface area contributed by atoms with E-state index in [0.717, 1.165) is 38.0 Å². The Morgan fingerprint density at radius 3 is 2.40 bits per heavy atom. The van der Waals surface area contributed by atoms with Crippen LogP contribution in [0.3, 0.4) is 0 Å². The average molecular weight is 303 g/mol. The van der Waals surface area contributed by atoms with Gasteiger partial charge in [0.25, 0.3) is 0 Å². The van der Waals surface area contributed by atoms with Gasteiger partial charge in [0, 0.05) is 12.0 Å². The largest absolute Gasteiger partial charge is 0.481 e. The van der Waals surface area contributed by atoms with Crippen LogP contribution in [0.1, 0.15) is 58.8 Å². The van der Waals surface area contributed by atoms with E-state index >= 15 is 0 Å². The molecule has 0 aromatic heterocycles. The van der Waals surface area contributed by atoms with Gasteiger partial charge >= 0.3 is 5.97 Å². The molecule has 5 nitrogen and oxygen atoms in total. The molecule has 2 bridgehead atoms. The van der Waals surface area contributed by atoms with Gasteiger partial charge in [0.2, 0.25) is 10.0 Å². The molecule has 2 saturated carbocycles. The molecule has 6 heteroatoms. The molecule has 0 aromatic carbocycles. The fourth-order valence-electron chi connectivity index (χ4n) is 3.84. The highest BCUT2D eigenvalue weighted by Gasteiger charge is 2.47. The van der Waals surface area contributed by atoms with Gasteiger partial charge in [0.05, 0.1) is 5.75 Å². The van der Waals surface area contributed by atoms with Crippen LogP contribution in [0.4, 0.5) is 0 Å². The van der Waals surface area contributed by atoms with Crippen molar-refractivity contribution in [3.8, 4) is 0 Å². The summed E-state index contributed by atoms with van der Waals surface area (Å²) in [5.41, 5.74) is -0.718. The molecular formula is C14H25NO4S. The van der Waals surface area contributed by atoms with Crippen LogP contribution in [0.25, 0.3) is 0 Å². The predicted molar refractivity (Wildman–Crippen MR) is 76.9 cm³/mol. The first-order chi connectivity index (χ1) is 9.12. The highest BCUT2D eigenvalue weighted by Crippen LogP contribution is 2.54. The lowest BCUT2D eigenvalue weighted by Crippen LogP contribution is -2.46. The number of hydrogen-bond donors (Lipinski definition) is 2. The highest BCUT2D eigenvalue weighted by molar-refractivity contribution is 7.89. The third kappa shape index (κ3) is 3.95. The van der Waals surface area contributed by atoms with Crippen molar-refractivity contribution in [1.82, 2.24) is 4.72 Å². The van der Waals surface area contributed by atoms with Crippen molar-refractivity contribution in [2.75, 3.05) is 5.75 Å². The second-order valence-electron chi connectivity index (χ2n) is 7.29. The van der Waals surface area contributed by atoms with Gasteiger partial charge < -0.3 is 5.11 Å². The SMILES string of the molecule is CC(C)(CCC(=O)O)NS(=O)(=O)CC12CCC(CC1)C2. The van der Waals surface area contributed by atoms with Gasteiger partial charge in [-0.1, -0.05) is 0 Å². The second kappa shape index (κ2) is 5.30. The Balaban J connectivity index is 1.95. The Morgan fingerprint density at radius 2 is 1.95 bits per heavy atom. The summed E-state index contributed by atoms with van der Waals surface area (Å²) in [6, 6.07) is 0. The molecule has 2 aliphatic carbocycles. The number of hydrogen-bond acceptors (Lipinski definition) is 3. The van der Waals surface area contributed by atoms with Gasteiger partial charge in [-0.2, -0.15) is 0 Å². The van der Waals surface area contributed by atoms with E-state index in [1.54, 1.807) is 13.8 Å². The zero-order valence-corrected chi connectivity index (χ0v) is 13.1. The van der Waals surface area contributed by atoms with Gasteiger partial charge in [-0.15, -0.1) is 0 Å². The molecule has 0 atom stereocenters. The molecular weight excluding hydrogens is 278 g/mol. The van der Waals surface area contributed by atoms with Crippen molar-refractivity contribution in [3.05, 3.63) is 0 Å². The molecule has 2 N–H and O–H groups in total. The number of rotatable bonds is 7. The molecule has 2 aliphatic rings. The van der Waals surface area contributed by atoms with Crippen LogP contribution in [-0.2, 0) is 14.8 Å². The maximum absolute atomic E-state index is 12.4. The standard InChI is InChI=1S/C14H25NO4S/c1-13(2,6-5-12(16)17)15-20(18,19)10-14-7-3-11(9-14)4-8-14/h11,15H,3-10H2,1-2H3,(H,16,17). The fraction of sp³-hybridized carbons (Fsp3) is 0.929. The van der Waals surface area contributed by atoms with Crippen molar-refractivity contribution < 1.29 is 18.3 Å². The summed E-state index contributed by atoms with van der Waals surface area (Å²) in [6.45, 7) is 3.49. The smallest absolute Gasteiger partial charge is 0.303 e. The lowest BCUT2D eigenvalue weighted by molar-refractivity contribution is -0.137. The Kier molecular flexibility index (Phi) is 4.17. The Labute approximate surface area is 121 Å². The van der Waals surface area contributed by atoms with Gasteiger partial charge in [-0.25, -0.2) is 13.1 Å². The van der Waals surface area contributed by atoms with E-state index in [1.165, 1.54) is 0 Å². The van der Waals surface area contributed by atoms with E-state index in [-0.39, 0.29) is 17.6 Å². The van der Waals surface area contributed by atoms with E-state index in [0.29, 0.717) is 6.42 Å². The summed E-state index contributed by atoms with van der Waals surface area (Å²) < 4.78 is 27.4. The van der Waals surface area contributed by atoms with Crippen LogP contribution < -0.4 is 4.72 Å². The summed E-state index contributed by atoms with van der Waals surface area (Å²) >= 11 is 0. The molecule has 2 rings (SSSR count). The Morgan fingerprint density at radius 1 is 1.35 bits per heavy atom. The third-order valence-corrected chi connectivity index (χ3v) is 6.64. The molecule has 0 spiro atoms. The average Bonchev–Trinajstić information content (AvgIpc) is 2.83. The highest BCUT2D eigenvalue weighted by atomic mass is 32.2.